The Bertz CT molecular complexity index is 408. The zero-order valence-electron chi connectivity index (χ0n) is 11.2. The maximum absolute atomic E-state index is 11.6. The Morgan fingerprint density at radius 3 is 2.56 bits per heavy atom. The van der Waals surface area contributed by atoms with Crippen LogP contribution >= 0.6 is 0 Å². The van der Waals surface area contributed by atoms with Crippen LogP contribution in [0.3, 0.4) is 0 Å². The minimum Gasteiger partial charge on any atom is -0.476 e. The second kappa shape index (κ2) is 6.78. The van der Waals surface area contributed by atoms with E-state index in [1.54, 1.807) is 0 Å². The van der Waals surface area contributed by atoms with Crippen LogP contribution in [0.4, 0.5) is 5.69 Å². The molecule has 0 saturated carbocycles. The molecule has 0 spiro atoms. The first-order chi connectivity index (χ1) is 8.58. The van der Waals surface area contributed by atoms with Crippen molar-refractivity contribution in [2.75, 3.05) is 18.5 Å². The molecule has 1 N–H and O–H groups in total. The van der Waals surface area contributed by atoms with Crippen molar-refractivity contribution in [3.05, 3.63) is 6.20 Å². The molecule has 0 fully saturated rings. The molecule has 0 aliphatic rings. The lowest BCUT2D eigenvalue weighted by Crippen LogP contribution is -2.19. The molecule has 100 valence electrons. The first kappa shape index (κ1) is 14.2. The Balaban J connectivity index is 2.92. The topological polar surface area (TPSA) is 73.3 Å². The lowest BCUT2D eigenvalue weighted by Gasteiger charge is -2.12. The summed E-state index contributed by atoms with van der Waals surface area (Å²) in [5, 5.41) is 2.72. The van der Waals surface area contributed by atoms with Crippen molar-refractivity contribution in [3.63, 3.8) is 0 Å². The molecule has 6 heteroatoms. The molecule has 0 atom stereocenters. The fourth-order valence-corrected chi connectivity index (χ4v) is 1.16. The number of carbonyl (C=O) groups is 1. The van der Waals surface area contributed by atoms with Crippen molar-refractivity contribution in [2.24, 2.45) is 5.92 Å². The third-order valence-electron chi connectivity index (χ3n) is 2.07. The van der Waals surface area contributed by atoms with Gasteiger partial charge in [0.25, 0.3) is 0 Å². The Kier molecular flexibility index (Phi) is 5.35. The van der Waals surface area contributed by atoms with Gasteiger partial charge in [-0.15, -0.1) is 0 Å². The summed E-state index contributed by atoms with van der Waals surface area (Å²) in [6, 6.07) is 0.239. The number of carbonyl (C=O) groups excluding carboxylic acids is 1. The predicted molar refractivity (Wildman–Crippen MR) is 67.8 cm³/mol. The van der Waals surface area contributed by atoms with Gasteiger partial charge in [-0.05, 0) is 13.8 Å². The molecule has 1 aromatic rings. The molecule has 1 amide bonds. The van der Waals surface area contributed by atoms with Crippen molar-refractivity contribution in [3.8, 4) is 11.9 Å². The second-order valence-electron chi connectivity index (χ2n) is 3.88. The van der Waals surface area contributed by atoms with Crippen LogP contribution in [0.2, 0.25) is 0 Å². The number of hydrogen-bond donors (Lipinski definition) is 1. The number of ether oxygens (including phenoxy) is 2. The van der Waals surface area contributed by atoms with Crippen molar-refractivity contribution in [2.45, 2.75) is 27.7 Å². The van der Waals surface area contributed by atoms with Crippen LogP contribution in [0.1, 0.15) is 27.7 Å². The van der Waals surface area contributed by atoms with Gasteiger partial charge < -0.3 is 14.8 Å². The van der Waals surface area contributed by atoms with E-state index in [2.05, 4.69) is 15.3 Å². The molecule has 0 aliphatic heterocycles. The monoisotopic (exact) mass is 253 g/mol. The molecule has 0 bridgehead atoms. The van der Waals surface area contributed by atoms with Crippen molar-refractivity contribution in [1.82, 2.24) is 9.97 Å². The fourth-order valence-electron chi connectivity index (χ4n) is 1.16. The summed E-state index contributed by atoms with van der Waals surface area (Å²) in [6.07, 6.45) is 1.49. The molecule has 1 rings (SSSR count). The second-order valence-corrected chi connectivity index (χ2v) is 3.88. The molecule has 0 radical (unpaired) electrons. The summed E-state index contributed by atoms with van der Waals surface area (Å²) < 4.78 is 10.5. The molecule has 0 saturated heterocycles. The highest BCUT2D eigenvalue weighted by Crippen LogP contribution is 2.23. The summed E-state index contributed by atoms with van der Waals surface area (Å²) in [5.41, 5.74) is 0.457. The molecule has 18 heavy (non-hydrogen) atoms. The SMILES string of the molecule is CCOc1ncc(NC(=O)C(C)C)c(OCC)n1. The molecule has 0 unspecified atom stereocenters. The van der Waals surface area contributed by atoms with Gasteiger partial charge in [-0.2, -0.15) is 4.98 Å². The lowest BCUT2D eigenvalue weighted by atomic mass is 10.2. The lowest BCUT2D eigenvalue weighted by molar-refractivity contribution is -0.118. The molecular formula is C12H19N3O3. The van der Waals surface area contributed by atoms with Crippen LogP contribution in [0.15, 0.2) is 6.20 Å². The van der Waals surface area contributed by atoms with Gasteiger partial charge >= 0.3 is 6.01 Å². The number of hydrogen-bond acceptors (Lipinski definition) is 5. The molecule has 6 nitrogen and oxygen atoms in total. The zero-order valence-corrected chi connectivity index (χ0v) is 11.2. The van der Waals surface area contributed by atoms with E-state index in [0.717, 1.165) is 0 Å². The fraction of sp³-hybridized carbons (Fsp3) is 0.583. The Labute approximate surface area is 107 Å². The average Bonchev–Trinajstić information content (AvgIpc) is 2.33. The summed E-state index contributed by atoms with van der Waals surface area (Å²) in [7, 11) is 0. The van der Waals surface area contributed by atoms with Crippen LogP contribution in [0.5, 0.6) is 11.9 Å². The maximum atomic E-state index is 11.6. The van der Waals surface area contributed by atoms with E-state index in [9.17, 15) is 4.79 Å². The van der Waals surface area contributed by atoms with Gasteiger partial charge in [0, 0.05) is 5.92 Å². The summed E-state index contributed by atoms with van der Waals surface area (Å²) >= 11 is 0. The zero-order chi connectivity index (χ0) is 13.5. The largest absolute Gasteiger partial charge is 0.476 e. The van der Waals surface area contributed by atoms with E-state index < -0.39 is 0 Å². The minimum atomic E-state index is -0.119. The van der Waals surface area contributed by atoms with Gasteiger partial charge in [0.05, 0.1) is 19.4 Å². The summed E-state index contributed by atoms with van der Waals surface area (Å²) in [6.45, 7) is 8.24. The Morgan fingerprint density at radius 1 is 1.33 bits per heavy atom. The third kappa shape index (κ3) is 3.87. The minimum absolute atomic E-state index is 0.108. The summed E-state index contributed by atoms with van der Waals surface area (Å²) in [5.74, 6) is 0.0970. The van der Waals surface area contributed by atoms with E-state index in [4.69, 9.17) is 9.47 Å². The Hall–Kier alpha value is -1.85. The Morgan fingerprint density at radius 2 is 2.00 bits per heavy atom. The predicted octanol–water partition coefficient (Wildman–Crippen LogP) is 1.87. The molecule has 1 aromatic heterocycles. The third-order valence-corrected chi connectivity index (χ3v) is 2.07. The van der Waals surface area contributed by atoms with Crippen molar-refractivity contribution < 1.29 is 14.3 Å². The average molecular weight is 253 g/mol. The number of nitrogens with zero attached hydrogens (tertiary/aromatic N) is 2. The maximum Gasteiger partial charge on any atom is 0.319 e. The van der Waals surface area contributed by atoms with Gasteiger partial charge in [-0.3, -0.25) is 4.79 Å². The quantitative estimate of drug-likeness (QED) is 0.837. The smallest absolute Gasteiger partial charge is 0.319 e. The van der Waals surface area contributed by atoms with Crippen LogP contribution in [-0.4, -0.2) is 29.1 Å². The van der Waals surface area contributed by atoms with Gasteiger partial charge in [0.1, 0.15) is 5.69 Å². The van der Waals surface area contributed by atoms with Crippen molar-refractivity contribution in [1.29, 1.82) is 0 Å². The number of rotatable bonds is 6. The van der Waals surface area contributed by atoms with Crippen molar-refractivity contribution >= 4 is 11.6 Å². The van der Waals surface area contributed by atoms with Gasteiger partial charge in [0.2, 0.25) is 11.8 Å². The normalized spacial score (nSPS) is 10.3. The first-order valence-corrected chi connectivity index (χ1v) is 6.02. The van der Waals surface area contributed by atoms with E-state index in [0.29, 0.717) is 24.8 Å². The molecular weight excluding hydrogens is 234 g/mol. The van der Waals surface area contributed by atoms with E-state index in [-0.39, 0.29) is 17.8 Å². The van der Waals surface area contributed by atoms with Gasteiger partial charge in [-0.25, -0.2) is 4.98 Å². The van der Waals surface area contributed by atoms with Crippen LogP contribution in [0.25, 0.3) is 0 Å². The summed E-state index contributed by atoms with van der Waals surface area (Å²) in [4.78, 5) is 19.7. The highest BCUT2D eigenvalue weighted by Gasteiger charge is 2.14. The van der Waals surface area contributed by atoms with E-state index in [1.165, 1.54) is 6.20 Å². The number of amides is 1. The highest BCUT2D eigenvalue weighted by atomic mass is 16.5. The van der Waals surface area contributed by atoms with E-state index in [1.807, 2.05) is 27.7 Å². The van der Waals surface area contributed by atoms with Gasteiger partial charge in [-0.1, -0.05) is 13.8 Å². The molecule has 1 heterocycles. The number of anilines is 1. The highest BCUT2D eigenvalue weighted by molar-refractivity contribution is 5.92. The van der Waals surface area contributed by atoms with Gasteiger partial charge in [0.15, 0.2) is 0 Å². The number of nitrogens with one attached hydrogen (secondary N) is 1. The van der Waals surface area contributed by atoms with Crippen LogP contribution in [-0.2, 0) is 4.79 Å². The van der Waals surface area contributed by atoms with E-state index >= 15 is 0 Å². The molecule has 0 aliphatic carbocycles. The van der Waals surface area contributed by atoms with Crippen LogP contribution in [0, 0.1) is 5.92 Å². The number of aromatic nitrogens is 2. The first-order valence-electron chi connectivity index (χ1n) is 6.02. The van der Waals surface area contributed by atoms with Crippen LogP contribution < -0.4 is 14.8 Å². The standard InChI is InChI=1S/C12H19N3O3/c1-5-17-11-9(14-10(16)8(3)4)7-13-12(15-11)18-6-2/h7-8H,5-6H2,1-4H3,(H,14,16). The molecule has 0 aromatic carbocycles.